The fraction of sp³-hybridized carbons (Fsp3) is 0.188. The topological polar surface area (TPSA) is 50.2 Å². The van der Waals surface area contributed by atoms with Crippen LogP contribution in [0, 0.1) is 5.82 Å². The number of hydrazone groups is 1. The zero-order chi connectivity index (χ0) is 15.5. The number of benzene rings is 1. The van der Waals surface area contributed by atoms with E-state index in [0.717, 1.165) is 10.2 Å². The molecule has 112 valence electrons. The molecular formula is C16H15FN4S. The number of nitrogens with one attached hydrogen (secondary N) is 1. The molecule has 0 atom stereocenters. The number of fused-ring (bicyclic) bond motifs is 1. The number of aromatic nitrogens is 2. The molecule has 22 heavy (non-hydrogen) atoms. The van der Waals surface area contributed by atoms with Gasteiger partial charge < -0.3 is 0 Å². The molecule has 0 aliphatic rings. The molecule has 6 heteroatoms. The zero-order valence-electron chi connectivity index (χ0n) is 12.2. The van der Waals surface area contributed by atoms with Crippen molar-refractivity contribution in [1.82, 2.24) is 9.97 Å². The fourth-order valence-corrected chi connectivity index (χ4v) is 2.99. The van der Waals surface area contributed by atoms with Crippen molar-refractivity contribution >= 4 is 33.6 Å². The van der Waals surface area contributed by atoms with Crippen molar-refractivity contribution < 1.29 is 4.39 Å². The number of halogens is 1. The first-order chi connectivity index (χ1) is 10.6. The average molecular weight is 314 g/mol. The van der Waals surface area contributed by atoms with Crippen LogP contribution in [0.4, 0.5) is 10.2 Å². The van der Waals surface area contributed by atoms with Gasteiger partial charge in [-0.25, -0.2) is 14.4 Å². The number of nitrogens with zero attached hydrogens (tertiary/aromatic N) is 3. The van der Waals surface area contributed by atoms with E-state index in [2.05, 4.69) is 40.4 Å². The second-order valence-electron chi connectivity index (χ2n) is 5.14. The van der Waals surface area contributed by atoms with Gasteiger partial charge in [0.2, 0.25) is 0 Å². The van der Waals surface area contributed by atoms with Gasteiger partial charge in [0.15, 0.2) is 5.82 Å². The molecule has 0 saturated carbocycles. The van der Waals surface area contributed by atoms with Crippen LogP contribution >= 0.6 is 11.3 Å². The number of hydrogen-bond donors (Lipinski definition) is 1. The van der Waals surface area contributed by atoms with Gasteiger partial charge in [-0.2, -0.15) is 5.10 Å². The molecule has 0 aliphatic heterocycles. The SMILES string of the molecule is CC(C)c1cc2c(NN=Cc3ccccc3F)ncnc2s1. The molecule has 2 heterocycles. The van der Waals surface area contributed by atoms with Crippen LogP contribution in [-0.4, -0.2) is 16.2 Å². The van der Waals surface area contributed by atoms with E-state index in [-0.39, 0.29) is 5.82 Å². The third kappa shape index (κ3) is 2.96. The number of rotatable bonds is 4. The minimum Gasteiger partial charge on any atom is -0.261 e. The first-order valence-electron chi connectivity index (χ1n) is 6.93. The Kier molecular flexibility index (Phi) is 4.11. The summed E-state index contributed by atoms with van der Waals surface area (Å²) in [7, 11) is 0. The predicted octanol–water partition coefficient (Wildman–Crippen LogP) is 4.40. The van der Waals surface area contributed by atoms with Crippen LogP contribution in [0.15, 0.2) is 41.8 Å². The molecule has 1 aromatic carbocycles. The van der Waals surface area contributed by atoms with Gasteiger partial charge in [0.25, 0.3) is 0 Å². The average Bonchev–Trinajstić information content (AvgIpc) is 2.94. The van der Waals surface area contributed by atoms with Crippen molar-refractivity contribution in [2.75, 3.05) is 5.43 Å². The molecule has 0 fully saturated rings. The summed E-state index contributed by atoms with van der Waals surface area (Å²) < 4.78 is 13.5. The van der Waals surface area contributed by atoms with Gasteiger partial charge >= 0.3 is 0 Å². The summed E-state index contributed by atoms with van der Waals surface area (Å²) in [6.07, 6.45) is 2.95. The van der Waals surface area contributed by atoms with Gasteiger partial charge in [-0.15, -0.1) is 11.3 Å². The lowest BCUT2D eigenvalue weighted by Gasteiger charge is -2.00. The van der Waals surface area contributed by atoms with Crippen LogP contribution in [0.25, 0.3) is 10.2 Å². The molecule has 0 saturated heterocycles. The minimum atomic E-state index is -0.307. The van der Waals surface area contributed by atoms with Crippen molar-refractivity contribution in [1.29, 1.82) is 0 Å². The summed E-state index contributed by atoms with van der Waals surface area (Å²) in [5.74, 6) is 0.758. The second-order valence-corrected chi connectivity index (χ2v) is 6.20. The van der Waals surface area contributed by atoms with Crippen LogP contribution in [0.3, 0.4) is 0 Å². The molecule has 1 N–H and O–H groups in total. The Morgan fingerprint density at radius 2 is 2.09 bits per heavy atom. The zero-order valence-corrected chi connectivity index (χ0v) is 13.1. The second kappa shape index (κ2) is 6.19. The third-order valence-corrected chi connectivity index (χ3v) is 4.54. The molecule has 3 rings (SSSR count). The molecule has 0 radical (unpaired) electrons. The summed E-state index contributed by atoms with van der Waals surface area (Å²) in [6, 6.07) is 8.55. The largest absolute Gasteiger partial charge is 0.261 e. The summed E-state index contributed by atoms with van der Waals surface area (Å²) >= 11 is 1.65. The standard InChI is InChI=1S/C16H15FN4S/c1-10(2)14-7-12-15(18-9-19-16(12)22-14)21-20-8-11-5-3-4-6-13(11)17/h3-10H,1-2H3,(H,18,19,21). The number of thiophene rings is 1. The van der Waals surface area contributed by atoms with Crippen molar-refractivity contribution in [2.45, 2.75) is 19.8 Å². The maximum atomic E-state index is 13.5. The van der Waals surface area contributed by atoms with E-state index in [4.69, 9.17) is 0 Å². The third-order valence-electron chi connectivity index (χ3n) is 3.20. The predicted molar refractivity (Wildman–Crippen MR) is 89.1 cm³/mol. The molecular weight excluding hydrogens is 299 g/mol. The van der Waals surface area contributed by atoms with E-state index in [9.17, 15) is 4.39 Å². The Labute approximate surface area is 131 Å². The van der Waals surface area contributed by atoms with Gasteiger partial charge in [-0.1, -0.05) is 32.0 Å². The number of anilines is 1. The van der Waals surface area contributed by atoms with Crippen molar-refractivity contribution in [3.05, 3.63) is 52.9 Å². The van der Waals surface area contributed by atoms with E-state index in [1.807, 2.05) is 0 Å². The molecule has 4 nitrogen and oxygen atoms in total. The minimum absolute atomic E-state index is 0.307. The lowest BCUT2D eigenvalue weighted by Crippen LogP contribution is -1.95. The van der Waals surface area contributed by atoms with Crippen molar-refractivity contribution in [2.24, 2.45) is 5.10 Å². The fourth-order valence-electron chi connectivity index (χ4n) is 1.99. The monoisotopic (exact) mass is 314 g/mol. The molecule has 2 aromatic heterocycles. The number of hydrogen-bond acceptors (Lipinski definition) is 5. The highest BCUT2D eigenvalue weighted by molar-refractivity contribution is 7.18. The van der Waals surface area contributed by atoms with Crippen LogP contribution in [0.5, 0.6) is 0 Å². The van der Waals surface area contributed by atoms with Gasteiger partial charge in [0.05, 0.1) is 11.6 Å². The summed E-state index contributed by atoms with van der Waals surface area (Å²) in [5.41, 5.74) is 3.30. The van der Waals surface area contributed by atoms with Crippen LogP contribution in [0.1, 0.15) is 30.2 Å². The highest BCUT2D eigenvalue weighted by Crippen LogP contribution is 2.32. The Hall–Kier alpha value is -2.34. The maximum Gasteiger partial charge on any atom is 0.158 e. The van der Waals surface area contributed by atoms with E-state index in [1.165, 1.54) is 23.5 Å². The van der Waals surface area contributed by atoms with Gasteiger partial charge in [0.1, 0.15) is 17.0 Å². The van der Waals surface area contributed by atoms with Crippen LogP contribution in [0.2, 0.25) is 0 Å². The highest BCUT2D eigenvalue weighted by Gasteiger charge is 2.10. The van der Waals surface area contributed by atoms with Crippen molar-refractivity contribution in [3.8, 4) is 0 Å². The molecule has 0 aliphatic carbocycles. The summed E-state index contributed by atoms with van der Waals surface area (Å²) in [5, 5.41) is 5.01. The normalized spacial score (nSPS) is 11.6. The van der Waals surface area contributed by atoms with Crippen LogP contribution in [-0.2, 0) is 0 Å². The van der Waals surface area contributed by atoms with E-state index in [1.54, 1.807) is 29.5 Å². The molecule has 0 unspecified atom stereocenters. The maximum absolute atomic E-state index is 13.5. The van der Waals surface area contributed by atoms with E-state index in [0.29, 0.717) is 17.3 Å². The first kappa shape index (κ1) is 14.6. The summed E-state index contributed by atoms with van der Waals surface area (Å²) in [4.78, 5) is 10.7. The Balaban J connectivity index is 1.86. The van der Waals surface area contributed by atoms with Gasteiger partial charge in [0, 0.05) is 10.4 Å². The molecule has 0 spiro atoms. The Bertz CT molecular complexity index is 826. The summed E-state index contributed by atoms with van der Waals surface area (Å²) in [6.45, 7) is 4.28. The van der Waals surface area contributed by atoms with Crippen LogP contribution < -0.4 is 5.43 Å². The van der Waals surface area contributed by atoms with Gasteiger partial charge in [-0.3, -0.25) is 5.43 Å². The molecule has 0 bridgehead atoms. The van der Waals surface area contributed by atoms with Crippen molar-refractivity contribution in [3.63, 3.8) is 0 Å². The van der Waals surface area contributed by atoms with E-state index < -0.39 is 0 Å². The Morgan fingerprint density at radius 3 is 2.86 bits per heavy atom. The molecule has 3 aromatic rings. The Morgan fingerprint density at radius 1 is 1.27 bits per heavy atom. The van der Waals surface area contributed by atoms with Gasteiger partial charge in [-0.05, 0) is 18.1 Å². The highest BCUT2D eigenvalue weighted by atomic mass is 32.1. The smallest absolute Gasteiger partial charge is 0.158 e. The lowest BCUT2D eigenvalue weighted by molar-refractivity contribution is 0.626. The quantitative estimate of drug-likeness (QED) is 0.573. The first-order valence-corrected chi connectivity index (χ1v) is 7.75. The molecule has 0 amide bonds. The lowest BCUT2D eigenvalue weighted by atomic mass is 10.2. The van der Waals surface area contributed by atoms with E-state index >= 15 is 0 Å².